The van der Waals surface area contributed by atoms with Crippen LogP contribution in [0.2, 0.25) is 0 Å². The van der Waals surface area contributed by atoms with Gasteiger partial charge in [-0.3, -0.25) is 9.59 Å². The largest absolute Gasteiger partial charge is 0.487 e. The van der Waals surface area contributed by atoms with E-state index in [4.69, 9.17) is 19.0 Å². The average molecular weight is 431 g/mol. The highest BCUT2D eigenvalue weighted by atomic mass is 16.5. The number of carboxylic acids is 1. The SMILES string of the molecule is Cc1cc(=O)oc2c3c(cc(OCC(=O)NCCCCCC(=O)O)c12)OC(C)(C)CC3. The number of amides is 1. The van der Waals surface area contributed by atoms with Gasteiger partial charge in [0.15, 0.2) is 6.61 Å². The van der Waals surface area contributed by atoms with Crippen LogP contribution in [-0.4, -0.2) is 35.7 Å². The number of carboxylic acid groups (broad SMARTS) is 1. The fourth-order valence-electron chi connectivity index (χ4n) is 3.73. The van der Waals surface area contributed by atoms with Crippen LogP contribution >= 0.6 is 0 Å². The maximum Gasteiger partial charge on any atom is 0.336 e. The number of carbonyl (C=O) groups is 2. The molecule has 31 heavy (non-hydrogen) atoms. The predicted molar refractivity (Wildman–Crippen MR) is 115 cm³/mol. The topological polar surface area (TPSA) is 115 Å². The molecule has 0 spiro atoms. The van der Waals surface area contributed by atoms with Crippen molar-refractivity contribution in [1.82, 2.24) is 5.32 Å². The van der Waals surface area contributed by atoms with Gasteiger partial charge in [0.05, 0.1) is 5.39 Å². The number of fused-ring (bicyclic) bond motifs is 3. The van der Waals surface area contributed by atoms with Gasteiger partial charge in [-0.1, -0.05) is 6.42 Å². The van der Waals surface area contributed by atoms with Gasteiger partial charge in [-0.2, -0.15) is 0 Å². The lowest BCUT2D eigenvalue weighted by atomic mass is 9.92. The molecule has 2 heterocycles. The fraction of sp³-hybridized carbons (Fsp3) is 0.522. The maximum absolute atomic E-state index is 12.2. The molecule has 1 amide bonds. The zero-order chi connectivity index (χ0) is 22.6. The van der Waals surface area contributed by atoms with Crippen molar-refractivity contribution in [2.45, 2.75) is 64.9 Å². The van der Waals surface area contributed by atoms with E-state index in [0.29, 0.717) is 53.8 Å². The number of ether oxygens (including phenoxy) is 2. The molecule has 1 aliphatic rings. The summed E-state index contributed by atoms with van der Waals surface area (Å²) < 4.78 is 17.4. The lowest BCUT2D eigenvalue weighted by Gasteiger charge is -2.33. The number of hydrogen-bond donors (Lipinski definition) is 2. The molecule has 0 saturated heterocycles. The Morgan fingerprint density at radius 3 is 2.74 bits per heavy atom. The molecule has 1 aromatic carbocycles. The number of rotatable bonds is 9. The molecule has 0 atom stereocenters. The van der Waals surface area contributed by atoms with Crippen LogP contribution in [0.5, 0.6) is 11.5 Å². The Morgan fingerprint density at radius 1 is 1.23 bits per heavy atom. The van der Waals surface area contributed by atoms with Gasteiger partial charge in [-0.15, -0.1) is 0 Å². The Morgan fingerprint density at radius 2 is 2.00 bits per heavy atom. The second-order valence-electron chi connectivity index (χ2n) is 8.51. The molecule has 1 aliphatic heterocycles. The van der Waals surface area contributed by atoms with Crippen LogP contribution in [0.1, 0.15) is 57.1 Å². The molecule has 0 fully saturated rings. The molecule has 0 aliphatic carbocycles. The summed E-state index contributed by atoms with van der Waals surface area (Å²) in [6, 6.07) is 3.18. The number of hydrogen-bond acceptors (Lipinski definition) is 6. The van der Waals surface area contributed by atoms with Crippen molar-refractivity contribution in [2.75, 3.05) is 13.2 Å². The summed E-state index contributed by atoms with van der Waals surface area (Å²) >= 11 is 0. The van der Waals surface area contributed by atoms with Crippen molar-refractivity contribution in [1.29, 1.82) is 0 Å². The molecule has 0 unspecified atom stereocenters. The Balaban J connectivity index is 1.71. The van der Waals surface area contributed by atoms with Gasteiger partial charge >= 0.3 is 11.6 Å². The Hall–Kier alpha value is -3.03. The van der Waals surface area contributed by atoms with Crippen molar-refractivity contribution in [3.63, 3.8) is 0 Å². The predicted octanol–water partition coefficient (Wildman–Crippen LogP) is 3.35. The van der Waals surface area contributed by atoms with E-state index in [1.54, 1.807) is 6.07 Å². The van der Waals surface area contributed by atoms with Gasteiger partial charge in [0, 0.05) is 30.7 Å². The zero-order valence-corrected chi connectivity index (χ0v) is 18.2. The Kier molecular flexibility index (Phi) is 6.87. The van der Waals surface area contributed by atoms with E-state index in [-0.39, 0.29) is 24.5 Å². The summed E-state index contributed by atoms with van der Waals surface area (Å²) in [4.78, 5) is 34.7. The van der Waals surface area contributed by atoms with Crippen molar-refractivity contribution in [3.8, 4) is 11.5 Å². The molecule has 0 bridgehead atoms. The summed E-state index contributed by atoms with van der Waals surface area (Å²) in [5.74, 6) is -0.0516. The van der Waals surface area contributed by atoms with E-state index in [2.05, 4.69) is 5.32 Å². The van der Waals surface area contributed by atoms with E-state index in [0.717, 1.165) is 18.4 Å². The van der Waals surface area contributed by atoms with E-state index in [1.165, 1.54) is 6.07 Å². The molecular weight excluding hydrogens is 402 g/mol. The van der Waals surface area contributed by atoms with Gasteiger partial charge in [-0.25, -0.2) is 4.79 Å². The summed E-state index contributed by atoms with van der Waals surface area (Å²) in [6.07, 6.45) is 3.67. The summed E-state index contributed by atoms with van der Waals surface area (Å²) in [5.41, 5.74) is 1.22. The van der Waals surface area contributed by atoms with Gasteiger partial charge < -0.3 is 24.3 Å². The molecule has 8 heteroatoms. The first-order chi connectivity index (χ1) is 14.7. The van der Waals surface area contributed by atoms with E-state index in [9.17, 15) is 14.4 Å². The second-order valence-corrected chi connectivity index (χ2v) is 8.51. The number of unbranched alkanes of at least 4 members (excludes halogenated alkanes) is 2. The maximum atomic E-state index is 12.2. The number of aliphatic carboxylic acids is 1. The van der Waals surface area contributed by atoms with Crippen molar-refractivity contribution < 1.29 is 28.6 Å². The first kappa shape index (κ1) is 22.7. The molecule has 168 valence electrons. The van der Waals surface area contributed by atoms with Gasteiger partial charge in [-0.05, 0) is 52.0 Å². The third-order valence-electron chi connectivity index (χ3n) is 5.35. The lowest BCUT2D eigenvalue weighted by Crippen LogP contribution is -2.33. The molecule has 2 N–H and O–H groups in total. The summed E-state index contributed by atoms with van der Waals surface area (Å²) in [6.45, 7) is 6.07. The van der Waals surface area contributed by atoms with Gasteiger partial charge in [0.2, 0.25) is 0 Å². The van der Waals surface area contributed by atoms with Crippen LogP contribution in [0.25, 0.3) is 11.0 Å². The first-order valence-electron chi connectivity index (χ1n) is 10.6. The van der Waals surface area contributed by atoms with Crippen LogP contribution < -0.4 is 20.4 Å². The van der Waals surface area contributed by atoms with E-state index >= 15 is 0 Å². The smallest absolute Gasteiger partial charge is 0.336 e. The molecule has 3 rings (SSSR count). The monoisotopic (exact) mass is 431 g/mol. The van der Waals surface area contributed by atoms with Crippen LogP contribution in [0, 0.1) is 6.92 Å². The van der Waals surface area contributed by atoms with E-state index in [1.807, 2.05) is 20.8 Å². The molecule has 1 aromatic heterocycles. The highest BCUT2D eigenvalue weighted by Gasteiger charge is 2.30. The fourth-order valence-corrected chi connectivity index (χ4v) is 3.73. The first-order valence-corrected chi connectivity index (χ1v) is 10.6. The van der Waals surface area contributed by atoms with Crippen molar-refractivity contribution in [3.05, 3.63) is 33.7 Å². The van der Waals surface area contributed by atoms with Crippen molar-refractivity contribution in [2.24, 2.45) is 0 Å². The third kappa shape index (κ3) is 5.77. The van der Waals surface area contributed by atoms with E-state index < -0.39 is 11.6 Å². The Labute approximate surface area is 180 Å². The number of aryl methyl sites for hydroxylation is 2. The van der Waals surface area contributed by atoms with Gasteiger partial charge in [0.25, 0.3) is 5.91 Å². The van der Waals surface area contributed by atoms with Gasteiger partial charge in [0.1, 0.15) is 22.7 Å². The quantitative estimate of drug-likeness (QED) is 0.462. The minimum absolute atomic E-state index is 0.136. The van der Waals surface area contributed by atoms with Crippen LogP contribution in [-0.2, 0) is 16.0 Å². The minimum atomic E-state index is -0.812. The molecule has 8 nitrogen and oxygen atoms in total. The highest BCUT2D eigenvalue weighted by molar-refractivity contribution is 5.91. The lowest BCUT2D eigenvalue weighted by molar-refractivity contribution is -0.137. The molecule has 2 aromatic rings. The second kappa shape index (κ2) is 9.41. The third-order valence-corrected chi connectivity index (χ3v) is 5.35. The number of carbonyl (C=O) groups excluding carboxylic acids is 1. The minimum Gasteiger partial charge on any atom is -0.487 e. The van der Waals surface area contributed by atoms with Crippen LogP contribution in [0.4, 0.5) is 0 Å². The number of nitrogens with one attached hydrogen (secondary N) is 1. The van der Waals surface area contributed by atoms with Crippen LogP contribution in [0.3, 0.4) is 0 Å². The normalized spacial score (nSPS) is 14.5. The zero-order valence-electron chi connectivity index (χ0n) is 18.2. The summed E-state index contributed by atoms with van der Waals surface area (Å²) in [7, 11) is 0. The average Bonchev–Trinajstić information content (AvgIpc) is 2.67. The highest BCUT2D eigenvalue weighted by Crippen LogP contribution is 2.42. The molecular formula is C23H29NO7. The Bertz CT molecular complexity index is 1040. The van der Waals surface area contributed by atoms with Crippen molar-refractivity contribution >= 4 is 22.8 Å². The standard InChI is InChI=1S/C23H29NO7/c1-14-11-20(28)30-22-15-8-9-23(2,3)31-16(15)12-17(21(14)22)29-13-18(25)24-10-6-4-5-7-19(26)27/h11-12H,4-10,13H2,1-3H3,(H,24,25)(H,26,27). The molecule has 0 radical (unpaired) electrons. The summed E-state index contributed by atoms with van der Waals surface area (Å²) in [5, 5.41) is 12.1. The number of benzene rings is 1. The molecule has 0 saturated carbocycles. The van der Waals surface area contributed by atoms with Crippen LogP contribution in [0.15, 0.2) is 21.3 Å².